The lowest BCUT2D eigenvalue weighted by Gasteiger charge is -2.24. The summed E-state index contributed by atoms with van der Waals surface area (Å²) < 4.78 is 15.9. The second-order valence-electron chi connectivity index (χ2n) is 5.46. The Morgan fingerprint density at radius 2 is 2.00 bits per heavy atom. The van der Waals surface area contributed by atoms with Crippen LogP contribution >= 0.6 is 0 Å². The summed E-state index contributed by atoms with van der Waals surface area (Å²) in [7, 11) is 0. The molecule has 3 rings (SSSR count). The largest absolute Gasteiger partial charge is 0.462 e. The molecule has 7 heteroatoms. The zero-order chi connectivity index (χ0) is 15.9. The molecule has 2 heterocycles. The van der Waals surface area contributed by atoms with Crippen molar-refractivity contribution in [2.24, 2.45) is 0 Å². The number of rotatable bonds is 3. The first-order valence-electron chi connectivity index (χ1n) is 6.78. The highest BCUT2D eigenvalue weighted by Gasteiger charge is 2.52. The molecule has 0 unspecified atom stereocenters. The number of aliphatic hydroxyl groups excluding tert-OH is 3. The Morgan fingerprint density at radius 1 is 1.27 bits per heavy atom. The molecule has 4 atom stereocenters. The maximum atomic E-state index is 11.2. The van der Waals surface area contributed by atoms with Gasteiger partial charge in [0.2, 0.25) is 6.29 Å². The number of benzene rings is 1. The number of ether oxygens (including phenoxy) is 2. The summed E-state index contributed by atoms with van der Waals surface area (Å²) in [4.78, 5) is 11.2. The van der Waals surface area contributed by atoms with Gasteiger partial charge in [-0.15, -0.1) is 0 Å². The maximum Gasteiger partial charge on any atom is 0.336 e. The van der Waals surface area contributed by atoms with E-state index < -0.39 is 36.3 Å². The zero-order valence-electron chi connectivity index (χ0n) is 11.8. The van der Waals surface area contributed by atoms with Gasteiger partial charge in [-0.05, 0) is 25.1 Å². The minimum atomic E-state index is -1.31. The van der Waals surface area contributed by atoms with Crippen molar-refractivity contribution in [2.45, 2.75) is 31.0 Å². The summed E-state index contributed by atoms with van der Waals surface area (Å²) in [6.07, 6.45) is -3.73. The van der Waals surface area contributed by atoms with E-state index in [1.165, 1.54) is 19.1 Å². The molecule has 1 aromatic carbocycles. The van der Waals surface area contributed by atoms with E-state index in [1.807, 2.05) is 0 Å². The van der Waals surface area contributed by atoms with Crippen LogP contribution in [0.5, 0.6) is 5.75 Å². The van der Waals surface area contributed by atoms with Crippen LogP contribution in [-0.2, 0) is 4.74 Å². The Morgan fingerprint density at radius 3 is 2.68 bits per heavy atom. The van der Waals surface area contributed by atoms with Crippen LogP contribution in [0, 0.1) is 0 Å². The molecule has 0 aliphatic carbocycles. The lowest BCUT2D eigenvalue weighted by Crippen LogP contribution is -2.43. The van der Waals surface area contributed by atoms with Gasteiger partial charge in [0.25, 0.3) is 0 Å². The number of aliphatic hydroxyl groups is 3. The summed E-state index contributed by atoms with van der Waals surface area (Å²) in [6, 6.07) is 7.75. The molecule has 1 aliphatic rings. The van der Waals surface area contributed by atoms with Gasteiger partial charge in [-0.2, -0.15) is 0 Å². The van der Waals surface area contributed by atoms with Crippen LogP contribution in [0.2, 0.25) is 0 Å². The van der Waals surface area contributed by atoms with Gasteiger partial charge in [-0.1, -0.05) is 0 Å². The normalized spacial score (nSPS) is 31.5. The molecule has 0 radical (unpaired) electrons. The van der Waals surface area contributed by atoms with Crippen molar-refractivity contribution in [2.75, 3.05) is 6.61 Å². The van der Waals surface area contributed by atoms with Gasteiger partial charge >= 0.3 is 5.63 Å². The van der Waals surface area contributed by atoms with Crippen LogP contribution < -0.4 is 10.4 Å². The quantitative estimate of drug-likeness (QED) is 0.685. The van der Waals surface area contributed by atoms with E-state index in [-0.39, 0.29) is 0 Å². The minimum absolute atomic E-state index is 0.306. The Labute approximate surface area is 125 Å². The Hall–Kier alpha value is -1.93. The third-order valence-electron chi connectivity index (χ3n) is 3.77. The lowest BCUT2D eigenvalue weighted by atomic mass is 9.99. The number of hydrogen-bond donors (Lipinski definition) is 3. The number of hydrogen-bond acceptors (Lipinski definition) is 7. The SMILES string of the molecule is C[C@@]1(CO)O[C@@H](Oc2ccc3ccc(=O)oc3c2)[C@H](O)[C@H]1O. The summed E-state index contributed by atoms with van der Waals surface area (Å²) in [6.45, 7) is 1.02. The molecule has 0 bridgehead atoms. The van der Waals surface area contributed by atoms with E-state index in [1.54, 1.807) is 18.2 Å². The molecule has 2 aromatic rings. The third kappa shape index (κ3) is 2.48. The molecule has 7 nitrogen and oxygen atoms in total. The topological polar surface area (TPSA) is 109 Å². The van der Waals surface area contributed by atoms with Crippen molar-refractivity contribution in [3.05, 3.63) is 40.8 Å². The van der Waals surface area contributed by atoms with Crippen molar-refractivity contribution in [3.63, 3.8) is 0 Å². The second-order valence-corrected chi connectivity index (χ2v) is 5.46. The predicted molar refractivity (Wildman–Crippen MR) is 75.5 cm³/mol. The summed E-state index contributed by atoms with van der Waals surface area (Å²) >= 11 is 0. The highest BCUT2D eigenvalue weighted by molar-refractivity contribution is 5.77. The molecule has 3 N–H and O–H groups in total. The second kappa shape index (κ2) is 5.36. The Kier molecular flexibility index (Phi) is 3.65. The van der Waals surface area contributed by atoms with Crippen LogP contribution in [-0.4, -0.2) is 46.0 Å². The van der Waals surface area contributed by atoms with E-state index in [2.05, 4.69) is 0 Å². The summed E-state index contributed by atoms with van der Waals surface area (Å²) in [5.41, 5.74) is -1.44. The zero-order valence-corrected chi connectivity index (χ0v) is 11.8. The van der Waals surface area contributed by atoms with Gasteiger partial charge in [0, 0.05) is 17.5 Å². The highest BCUT2D eigenvalue weighted by Crippen LogP contribution is 2.32. The summed E-state index contributed by atoms with van der Waals surface area (Å²) in [5.74, 6) is 0.306. The molecule has 1 aliphatic heterocycles. The molecule has 1 saturated heterocycles. The van der Waals surface area contributed by atoms with Crippen LogP contribution in [0.3, 0.4) is 0 Å². The van der Waals surface area contributed by atoms with Gasteiger partial charge in [0.05, 0.1) is 6.61 Å². The predicted octanol–water partition coefficient (Wildman–Crippen LogP) is 0.000900. The molecule has 1 fully saturated rings. The fourth-order valence-corrected chi connectivity index (χ4v) is 2.39. The van der Waals surface area contributed by atoms with Gasteiger partial charge in [0.1, 0.15) is 29.1 Å². The summed E-state index contributed by atoms with van der Waals surface area (Å²) in [5, 5.41) is 29.8. The van der Waals surface area contributed by atoms with E-state index >= 15 is 0 Å². The molecule has 22 heavy (non-hydrogen) atoms. The molecule has 0 spiro atoms. The monoisotopic (exact) mass is 308 g/mol. The van der Waals surface area contributed by atoms with Crippen molar-refractivity contribution < 1.29 is 29.2 Å². The standard InChI is InChI=1S/C15H16O7/c1-15(7-16)13(19)12(18)14(22-15)20-9-4-2-8-3-5-11(17)21-10(8)6-9/h2-6,12-14,16,18-19H,7H2,1H3/t12-,13-,14-,15+/m1/s1. The van der Waals surface area contributed by atoms with Crippen molar-refractivity contribution >= 4 is 11.0 Å². The van der Waals surface area contributed by atoms with Gasteiger partial charge < -0.3 is 29.2 Å². The number of fused-ring (bicyclic) bond motifs is 1. The average Bonchev–Trinajstić information content (AvgIpc) is 2.72. The molecule has 0 amide bonds. The Bertz CT molecular complexity index is 740. The first kappa shape index (κ1) is 15.0. The van der Waals surface area contributed by atoms with Crippen LogP contribution in [0.15, 0.2) is 39.5 Å². The fourth-order valence-electron chi connectivity index (χ4n) is 2.39. The smallest absolute Gasteiger partial charge is 0.336 e. The van der Waals surface area contributed by atoms with E-state index in [0.29, 0.717) is 11.3 Å². The van der Waals surface area contributed by atoms with Crippen LogP contribution in [0.4, 0.5) is 0 Å². The first-order chi connectivity index (χ1) is 10.4. The van der Waals surface area contributed by atoms with Crippen LogP contribution in [0.25, 0.3) is 11.0 Å². The van der Waals surface area contributed by atoms with E-state index in [4.69, 9.17) is 13.9 Å². The van der Waals surface area contributed by atoms with Crippen molar-refractivity contribution in [3.8, 4) is 5.75 Å². The highest BCUT2D eigenvalue weighted by atomic mass is 16.7. The molecular formula is C15H16O7. The molecule has 1 aromatic heterocycles. The third-order valence-corrected chi connectivity index (χ3v) is 3.77. The first-order valence-corrected chi connectivity index (χ1v) is 6.78. The Balaban J connectivity index is 1.86. The van der Waals surface area contributed by atoms with Gasteiger partial charge in [-0.25, -0.2) is 4.79 Å². The molecule has 118 valence electrons. The fraction of sp³-hybridized carbons (Fsp3) is 0.400. The van der Waals surface area contributed by atoms with Crippen molar-refractivity contribution in [1.29, 1.82) is 0 Å². The average molecular weight is 308 g/mol. The van der Waals surface area contributed by atoms with Crippen molar-refractivity contribution in [1.82, 2.24) is 0 Å². The van der Waals surface area contributed by atoms with Gasteiger partial charge in [0.15, 0.2) is 0 Å². The molecule has 0 saturated carbocycles. The van der Waals surface area contributed by atoms with E-state index in [9.17, 15) is 20.1 Å². The van der Waals surface area contributed by atoms with Gasteiger partial charge in [-0.3, -0.25) is 0 Å². The minimum Gasteiger partial charge on any atom is -0.462 e. The van der Waals surface area contributed by atoms with Crippen LogP contribution in [0.1, 0.15) is 6.92 Å². The maximum absolute atomic E-state index is 11.2. The lowest BCUT2D eigenvalue weighted by molar-refractivity contribution is -0.154. The molecular weight excluding hydrogens is 292 g/mol. The van der Waals surface area contributed by atoms with E-state index in [0.717, 1.165) is 5.39 Å².